The summed E-state index contributed by atoms with van der Waals surface area (Å²) in [5, 5.41) is 0. The van der Waals surface area contributed by atoms with Crippen LogP contribution in [0.25, 0.3) is 0 Å². The smallest absolute Gasteiger partial charge is 0.144 e. The second kappa shape index (κ2) is 5.64. The average Bonchev–Trinajstić information content (AvgIpc) is 2.30. The largest absolute Gasteiger partial charge is 0.357 e. The van der Waals surface area contributed by atoms with E-state index in [4.69, 9.17) is 4.74 Å². The predicted octanol–water partition coefficient (Wildman–Crippen LogP) is 0.975. The van der Waals surface area contributed by atoms with Crippen molar-refractivity contribution in [3.05, 3.63) is 0 Å². The van der Waals surface area contributed by atoms with Crippen molar-refractivity contribution in [1.29, 1.82) is 0 Å². The van der Waals surface area contributed by atoms with Gasteiger partial charge in [-0.1, -0.05) is 5.92 Å². The van der Waals surface area contributed by atoms with E-state index >= 15 is 0 Å². The highest BCUT2D eigenvalue weighted by Crippen LogP contribution is 2.34. The zero-order valence-electron chi connectivity index (χ0n) is 12.5. The molecular formula is C16H26NO2+. The molecule has 1 N–H and O–H groups in total. The summed E-state index contributed by atoms with van der Waals surface area (Å²) >= 11 is 0. The minimum absolute atomic E-state index is 0.0495. The van der Waals surface area contributed by atoms with Gasteiger partial charge in [0.15, 0.2) is 0 Å². The van der Waals surface area contributed by atoms with Crippen LogP contribution in [0.4, 0.5) is 0 Å². The van der Waals surface area contributed by atoms with Crippen LogP contribution < -0.4 is 4.90 Å². The van der Waals surface area contributed by atoms with Crippen LogP contribution in [0, 0.1) is 11.8 Å². The first-order chi connectivity index (χ1) is 8.89. The van der Waals surface area contributed by atoms with Crippen molar-refractivity contribution in [2.75, 3.05) is 19.6 Å². The van der Waals surface area contributed by atoms with Crippen LogP contribution in [-0.2, 0) is 9.53 Å². The van der Waals surface area contributed by atoms with Gasteiger partial charge in [-0.25, -0.2) is 0 Å². The summed E-state index contributed by atoms with van der Waals surface area (Å²) in [5.74, 6) is 7.03. The molecule has 0 spiro atoms. The molecule has 0 unspecified atom stereocenters. The molecule has 0 bridgehead atoms. The van der Waals surface area contributed by atoms with Crippen molar-refractivity contribution in [2.24, 2.45) is 0 Å². The van der Waals surface area contributed by atoms with Crippen molar-refractivity contribution in [1.82, 2.24) is 0 Å². The summed E-state index contributed by atoms with van der Waals surface area (Å²) in [6.07, 6.45) is 4.76. The van der Waals surface area contributed by atoms with Gasteiger partial charge in [0.05, 0.1) is 31.5 Å². The number of carbonyl (C=O) groups is 1. The number of hydrogen-bond acceptors (Lipinski definition) is 2. The monoisotopic (exact) mass is 264 g/mol. The van der Waals surface area contributed by atoms with E-state index in [2.05, 4.69) is 32.6 Å². The van der Waals surface area contributed by atoms with Gasteiger partial charge in [0.1, 0.15) is 17.9 Å². The number of likely N-dealkylation sites (tertiary alicyclic amines) is 1. The van der Waals surface area contributed by atoms with Crippen LogP contribution in [0.5, 0.6) is 0 Å². The molecule has 0 amide bonds. The highest BCUT2D eigenvalue weighted by atomic mass is 16.5. The lowest BCUT2D eigenvalue weighted by atomic mass is 9.88. The lowest BCUT2D eigenvalue weighted by Crippen LogP contribution is -3.13. The van der Waals surface area contributed by atoms with Crippen molar-refractivity contribution in [3.63, 3.8) is 0 Å². The third-order valence-electron chi connectivity index (χ3n) is 4.14. The molecule has 0 aromatic rings. The second-order valence-electron chi connectivity index (χ2n) is 6.71. The van der Waals surface area contributed by atoms with Crippen molar-refractivity contribution < 1.29 is 14.4 Å². The Balaban J connectivity index is 1.87. The molecule has 2 aliphatic heterocycles. The molecule has 2 aliphatic rings. The van der Waals surface area contributed by atoms with Gasteiger partial charge in [0, 0.05) is 0 Å². The quantitative estimate of drug-likeness (QED) is 0.716. The zero-order chi connectivity index (χ0) is 13.9. The fourth-order valence-corrected chi connectivity index (χ4v) is 3.07. The first-order valence-corrected chi connectivity index (χ1v) is 7.44. The number of hydrogen-bond donors (Lipinski definition) is 1. The third-order valence-corrected chi connectivity index (χ3v) is 4.14. The van der Waals surface area contributed by atoms with Gasteiger partial charge in [0.25, 0.3) is 0 Å². The third kappa shape index (κ3) is 4.33. The average molecular weight is 264 g/mol. The molecule has 2 heterocycles. The summed E-state index contributed by atoms with van der Waals surface area (Å²) < 4.78 is 6.13. The number of nitrogens with one attached hydrogen (secondary N) is 1. The number of Topliss-reactive ketones (excluding diaryl/α,β-unsaturated/α-hetero) is 1. The minimum atomic E-state index is -0.285. The first kappa shape index (κ1) is 14.6. The number of quaternary nitrogens is 1. The maximum Gasteiger partial charge on any atom is 0.144 e. The van der Waals surface area contributed by atoms with Crippen molar-refractivity contribution in [2.45, 2.75) is 64.1 Å². The van der Waals surface area contributed by atoms with E-state index in [9.17, 15) is 4.79 Å². The van der Waals surface area contributed by atoms with E-state index < -0.39 is 0 Å². The minimum Gasteiger partial charge on any atom is -0.357 e. The van der Waals surface area contributed by atoms with Gasteiger partial charge < -0.3 is 9.64 Å². The van der Waals surface area contributed by atoms with E-state index in [1.165, 1.54) is 11.3 Å². The van der Waals surface area contributed by atoms with Crippen LogP contribution >= 0.6 is 0 Å². The molecule has 2 rings (SSSR count). The van der Waals surface area contributed by atoms with Crippen LogP contribution in [0.2, 0.25) is 0 Å². The van der Waals surface area contributed by atoms with Crippen LogP contribution in [0.3, 0.4) is 0 Å². The Bertz CT molecular complexity index is 395. The van der Waals surface area contributed by atoms with Crippen LogP contribution in [0.15, 0.2) is 0 Å². The predicted molar refractivity (Wildman–Crippen MR) is 75.0 cm³/mol. The lowest BCUT2D eigenvalue weighted by molar-refractivity contribution is -0.894. The lowest BCUT2D eigenvalue weighted by Gasteiger charge is -2.40. The van der Waals surface area contributed by atoms with Gasteiger partial charge in [-0.15, -0.1) is 0 Å². The Morgan fingerprint density at radius 3 is 2.53 bits per heavy atom. The van der Waals surface area contributed by atoms with E-state index in [0.717, 1.165) is 45.3 Å². The van der Waals surface area contributed by atoms with Crippen LogP contribution in [-0.4, -0.2) is 36.6 Å². The first-order valence-electron chi connectivity index (χ1n) is 7.44. The molecule has 0 aliphatic carbocycles. The Labute approximate surface area is 116 Å². The Hall–Kier alpha value is -0.850. The number of rotatable bonds is 1. The number of piperidine rings is 1. The summed E-state index contributed by atoms with van der Waals surface area (Å²) in [7, 11) is 0. The maximum absolute atomic E-state index is 11.2. The second-order valence-corrected chi connectivity index (χ2v) is 6.71. The molecule has 19 heavy (non-hydrogen) atoms. The molecule has 3 heteroatoms. The van der Waals surface area contributed by atoms with Gasteiger partial charge in [-0.2, -0.15) is 0 Å². The molecule has 0 radical (unpaired) electrons. The van der Waals surface area contributed by atoms with Gasteiger partial charge in [0.2, 0.25) is 0 Å². The topological polar surface area (TPSA) is 30.7 Å². The number of ether oxygens (including phenoxy) is 1. The molecular weight excluding hydrogens is 238 g/mol. The summed E-state index contributed by atoms with van der Waals surface area (Å²) in [6.45, 7) is 9.12. The Morgan fingerprint density at radius 1 is 1.21 bits per heavy atom. The fraction of sp³-hybridized carbons (Fsp3) is 0.812. The number of ketones is 1. The van der Waals surface area contributed by atoms with Crippen molar-refractivity contribution in [3.8, 4) is 11.8 Å². The number of carbonyl (C=O) groups excluding carboxylic acids is 1. The van der Waals surface area contributed by atoms with Crippen molar-refractivity contribution >= 4 is 5.78 Å². The molecule has 2 saturated heterocycles. The normalized spacial score (nSPS) is 31.6. The Kier molecular flexibility index (Phi) is 4.32. The van der Waals surface area contributed by atoms with Gasteiger partial charge in [-0.3, -0.25) is 4.79 Å². The molecule has 0 aromatic carbocycles. The van der Waals surface area contributed by atoms with Gasteiger partial charge in [-0.05, 0) is 46.0 Å². The maximum atomic E-state index is 11.2. The van der Waals surface area contributed by atoms with E-state index in [-0.39, 0.29) is 11.2 Å². The SMILES string of the molecule is CC1(C)CCC[C@](C)(C#CC[NH+]2CCC(=O)CC2)O1. The van der Waals surface area contributed by atoms with E-state index in [0.29, 0.717) is 5.78 Å². The Morgan fingerprint density at radius 2 is 1.89 bits per heavy atom. The van der Waals surface area contributed by atoms with Crippen LogP contribution in [0.1, 0.15) is 52.9 Å². The molecule has 3 nitrogen and oxygen atoms in total. The summed E-state index contributed by atoms with van der Waals surface area (Å²) in [5.41, 5.74) is -0.334. The highest BCUT2D eigenvalue weighted by Gasteiger charge is 2.35. The highest BCUT2D eigenvalue weighted by molar-refractivity contribution is 5.78. The van der Waals surface area contributed by atoms with E-state index in [1.54, 1.807) is 0 Å². The van der Waals surface area contributed by atoms with Gasteiger partial charge >= 0.3 is 0 Å². The standard InChI is InChI=1S/C16H25NO2/c1-15(2)8-4-9-16(3,19-15)10-5-11-17-12-6-14(18)7-13-17/h4,6-9,11-13H2,1-3H3/p+1/t16-/m1/s1. The molecule has 106 valence electrons. The fourth-order valence-electron chi connectivity index (χ4n) is 3.07. The zero-order valence-corrected chi connectivity index (χ0v) is 12.5. The van der Waals surface area contributed by atoms with E-state index in [1.807, 2.05) is 0 Å². The summed E-state index contributed by atoms with van der Waals surface area (Å²) in [4.78, 5) is 12.6. The molecule has 0 aromatic heterocycles. The summed E-state index contributed by atoms with van der Waals surface area (Å²) in [6, 6.07) is 0. The molecule has 1 atom stereocenters. The molecule has 2 fully saturated rings. The molecule has 0 saturated carbocycles.